The summed E-state index contributed by atoms with van der Waals surface area (Å²) in [4.78, 5) is 14.8. The Balaban J connectivity index is 1.75. The van der Waals surface area contributed by atoms with E-state index in [2.05, 4.69) is 11.1 Å². The number of hydrogen-bond acceptors (Lipinski definition) is 5. The molecular formula is C22H22N2O4. The zero-order valence-electron chi connectivity index (χ0n) is 15.4. The number of ether oxygens (including phenoxy) is 2. The summed E-state index contributed by atoms with van der Waals surface area (Å²) in [6.45, 7) is 0.466. The maximum Gasteiger partial charge on any atom is 0.303 e. The Morgan fingerprint density at radius 2 is 2.14 bits per heavy atom. The molecule has 0 bridgehead atoms. The number of nitrogens with zero attached hydrogens (tertiary/aromatic N) is 2. The van der Waals surface area contributed by atoms with Crippen LogP contribution in [0.25, 0.3) is 0 Å². The number of aliphatic carboxylic acids is 1. The maximum absolute atomic E-state index is 10.6. The van der Waals surface area contributed by atoms with Gasteiger partial charge in [-0.25, -0.2) is 0 Å². The summed E-state index contributed by atoms with van der Waals surface area (Å²) in [7, 11) is 0. The quantitative estimate of drug-likeness (QED) is 0.727. The molecule has 0 saturated carbocycles. The van der Waals surface area contributed by atoms with Crippen molar-refractivity contribution < 1.29 is 19.4 Å². The van der Waals surface area contributed by atoms with Crippen molar-refractivity contribution in [2.24, 2.45) is 5.92 Å². The van der Waals surface area contributed by atoms with Gasteiger partial charge in [-0.15, -0.1) is 0 Å². The molecule has 0 spiro atoms. The first kappa shape index (κ1) is 19.7. The van der Waals surface area contributed by atoms with Gasteiger partial charge in [0.15, 0.2) is 6.29 Å². The molecule has 1 N–H and O–H groups in total. The Morgan fingerprint density at radius 3 is 2.89 bits per heavy atom. The Bertz CT molecular complexity index is 860. The first-order chi connectivity index (χ1) is 13.7. The van der Waals surface area contributed by atoms with Crippen molar-refractivity contribution in [3.05, 3.63) is 77.6 Å². The smallest absolute Gasteiger partial charge is 0.303 e. The number of nitriles is 1. The van der Waals surface area contributed by atoms with Crippen molar-refractivity contribution >= 4 is 5.97 Å². The highest BCUT2D eigenvalue weighted by molar-refractivity contribution is 5.66. The standard InChI is InChI=1S/C22H22N2O4/c23-13-16-7-4-5-10-19(16)22-27-15-18(8-2-1-3-11-20(25)26)21(28-22)17-9-6-12-24-14-17/h1-2,4-7,9-10,12,14,18,21-22H,3,8,11,15H2,(H,25,26)/b2-1-/t18-,21-,22+/m0/s1. The van der Waals surface area contributed by atoms with Crippen LogP contribution < -0.4 is 0 Å². The highest BCUT2D eigenvalue weighted by Crippen LogP contribution is 2.40. The molecule has 1 aromatic carbocycles. The zero-order chi connectivity index (χ0) is 19.8. The predicted octanol–water partition coefficient (Wildman–Crippen LogP) is 4.17. The van der Waals surface area contributed by atoms with E-state index in [9.17, 15) is 10.1 Å². The van der Waals surface area contributed by atoms with Crippen molar-refractivity contribution in [3.8, 4) is 6.07 Å². The molecule has 2 aromatic rings. The molecule has 1 aliphatic heterocycles. The van der Waals surface area contributed by atoms with E-state index in [-0.39, 0.29) is 18.4 Å². The minimum absolute atomic E-state index is 0.0655. The molecule has 0 aliphatic carbocycles. The van der Waals surface area contributed by atoms with E-state index in [0.29, 0.717) is 30.6 Å². The van der Waals surface area contributed by atoms with Crippen LogP contribution in [0, 0.1) is 17.2 Å². The summed E-state index contributed by atoms with van der Waals surface area (Å²) in [6.07, 6.45) is 7.82. The van der Waals surface area contributed by atoms with E-state index in [1.807, 2.05) is 42.5 Å². The van der Waals surface area contributed by atoms with Gasteiger partial charge in [-0.05, 0) is 30.5 Å². The van der Waals surface area contributed by atoms with Gasteiger partial charge >= 0.3 is 5.97 Å². The third-order valence-corrected chi connectivity index (χ3v) is 4.64. The maximum atomic E-state index is 10.6. The van der Waals surface area contributed by atoms with Crippen molar-refractivity contribution in [3.63, 3.8) is 0 Å². The van der Waals surface area contributed by atoms with E-state index < -0.39 is 12.3 Å². The molecule has 1 aliphatic rings. The van der Waals surface area contributed by atoms with Crippen LogP contribution in [0.4, 0.5) is 0 Å². The summed E-state index contributed by atoms with van der Waals surface area (Å²) in [6, 6.07) is 13.3. The lowest BCUT2D eigenvalue weighted by atomic mass is 9.92. The van der Waals surface area contributed by atoms with Crippen LogP contribution in [-0.4, -0.2) is 22.7 Å². The summed E-state index contributed by atoms with van der Waals surface area (Å²) in [5.41, 5.74) is 2.20. The second-order valence-corrected chi connectivity index (χ2v) is 6.61. The molecule has 1 saturated heterocycles. The fourth-order valence-electron chi connectivity index (χ4n) is 3.23. The lowest BCUT2D eigenvalue weighted by Gasteiger charge is -2.36. The van der Waals surface area contributed by atoms with Gasteiger partial charge in [-0.1, -0.05) is 36.4 Å². The molecule has 3 atom stereocenters. The minimum Gasteiger partial charge on any atom is -0.481 e. The summed E-state index contributed by atoms with van der Waals surface area (Å²) in [5, 5.41) is 18.1. The van der Waals surface area contributed by atoms with Gasteiger partial charge in [-0.2, -0.15) is 5.26 Å². The van der Waals surface area contributed by atoms with Crippen LogP contribution in [0.15, 0.2) is 60.9 Å². The molecule has 2 heterocycles. The Labute approximate surface area is 164 Å². The molecule has 6 heteroatoms. The number of pyridine rings is 1. The highest BCUT2D eigenvalue weighted by atomic mass is 16.7. The van der Waals surface area contributed by atoms with Crippen molar-refractivity contribution in [2.75, 3.05) is 6.61 Å². The average Bonchev–Trinajstić information content (AvgIpc) is 2.74. The molecule has 6 nitrogen and oxygen atoms in total. The molecule has 144 valence electrons. The largest absolute Gasteiger partial charge is 0.481 e. The molecule has 1 aromatic heterocycles. The Morgan fingerprint density at radius 1 is 1.29 bits per heavy atom. The van der Waals surface area contributed by atoms with Crippen molar-refractivity contribution in [1.29, 1.82) is 5.26 Å². The highest BCUT2D eigenvalue weighted by Gasteiger charge is 2.34. The molecule has 3 rings (SSSR count). The van der Waals surface area contributed by atoms with Gasteiger partial charge in [0.1, 0.15) is 0 Å². The number of carbonyl (C=O) groups is 1. The lowest BCUT2D eigenvalue weighted by molar-refractivity contribution is -0.244. The van der Waals surface area contributed by atoms with E-state index in [1.54, 1.807) is 18.5 Å². The zero-order valence-corrected chi connectivity index (χ0v) is 15.4. The SMILES string of the molecule is N#Cc1ccccc1[C@@H]1OC[C@H](C/C=C\CCC(=O)O)[C@H](c2cccnc2)O1. The van der Waals surface area contributed by atoms with Gasteiger partial charge in [0.2, 0.25) is 0 Å². The molecule has 0 amide bonds. The van der Waals surface area contributed by atoms with E-state index in [4.69, 9.17) is 14.6 Å². The lowest BCUT2D eigenvalue weighted by Crippen LogP contribution is -2.30. The monoisotopic (exact) mass is 378 g/mol. The van der Waals surface area contributed by atoms with E-state index >= 15 is 0 Å². The molecule has 0 radical (unpaired) electrons. The number of allylic oxidation sites excluding steroid dienone is 2. The van der Waals surface area contributed by atoms with Crippen molar-refractivity contribution in [2.45, 2.75) is 31.7 Å². The number of aromatic nitrogens is 1. The first-order valence-corrected chi connectivity index (χ1v) is 9.22. The summed E-state index contributed by atoms with van der Waals surface area (Å²) >= 11 is 0. The fraction of sp³-hybridized carbons (Fsp3) is 0.318. The van der Waals surface area contributed by atoms with Gasteiger partial charge in [0, 0.05) is 30.3 Å². The molecular weight excluding hydrogens is 356 g/mol. The Kier molecular flexibility index (Phi) is 6.90. The van der Waals surface area contributed by atoms with Crippen molar-refractivity contribution in [1.82, 2.24) is 4.98 Å². The first-order valence-electron chi connectivity index (χ1n) is 9.22. The third kappa shape index (κ3) is 5.03. The van der Waals surface area contributed by atoms with Gasteiger partial charge in [0.05, 0.1) is 24.3 Å². The third-order valence-electron chi connectivity index (χ3n) is 4.64. The van der Waals surface area contributed by atoms with Gasteiger partial charge < -0.3 is 14.6 Å². The van der Waals surface area contributed by atoms with E-state index in [1.165, 1.54) is 0 Å². The molecule has 0 unspecified atom stereocenters. The topological polar surface area (TPSA) is 92.4 Å². The number of carboxylic acid groups (broad SMARTS) is 1. The van der Waals surface area contributed by atoms with Gasteiger partial charge in [0.25, 0.3) is 0 Å². The number of benzene rings is 1. The van der Waals surface area contributed by atoms with Crippen LogP contribution in [0.2, 0.25) is 0 Å². The number of carboxylic acids is 1. The average molecular weight is 378 g/mol. The van der Waals surface area contributed by atoms with Crippen LogP contribution >= 0.6 is 0 Å². The molecule has 1 fully saturated rings. The minimum atomic E-state index is -0.804. The van der Waals surface area contributed by atoms with Crippen LogP contribution in [0.3, 0.4) is 0 Å². The molecule has 28 heavy (non-hydrogen) atoms. The van der Waals surface area contributed by atoms with E-state index in [0.717, 1.165) is 5.56 Å². The van der Waals surface area contributed by atoms with Crippen LogP contribution in [0.5, 0.6) is 0 Å². The van der Waals surface area contributed by atoms with Gasteiger partial charge in [-0.3, -0.25) is 9.78 Å². The fourth-order valence-corrected chi connectivity index (χ4v) is 3.23. The Hall–Kier alpha value is -3.01. The summed E-state index contributed by atoms with van der Waals surface area (Å²) in [5.74, 6) is -0.739. The predicted molar refractivity (Wildman–Crippen MR) is 102 cm³/mol. The number of hydrogen-bond donors (Lipinski definition) is 1. The van der Waals surface area contributed by atoms with Crippen LogP contribution in [-0.2, 0) is 14.3 Å². The second kappa shape index (κ2) is 9.79. The number of rotatable bonds is 7. The van der Waals surface area contributed by atoms with Crippen LogP contribution in [0.1, 0.15) is 48.3 Å². The summed E-state index contributed by atoms with van der Waals surface area (Å²) < 4.78 is 12.2. The normalized spacial score (nSPS) is 22.0. The second-order valence-electron chi connectivity index (χ2n) is 6.61.